The molecule has 0 fully saturated rings. The molecule has 9 nitrogen and oxygen atoms in total. The Balaban J connectivity index is 1.34. The first-order valence-corrected chi connectivity index (χ1v) is 13.1. The van der Waals surface area contributed by atoms with Crippen molar-refractivity contribution >= 4 is 18.0 Å². The number of benzene rings is 3. The maximum Gasteiger partial charge on any atom is 0.407 e. The van der Waals surface area contributed by atoms with Gasteiger partial charge < -0.3 is 29.6 Å². The summed E-state index contributed by atoms with van der Waals surface area (Å²) in [6.45, 7) is 3.56. The smallest absolute Gasteiger partial charge is 0.407 e. The van der Waals surface area contributed by atoms with Gasteiger partial charge in [-0.25, -0.2) is 9.59 Å². The fourth-order valence-corrected chi connectivity index (χ4v) is 4.66. The van der Waals surface area contributed by atoms with Crippen LogP contribution in [-0.4, -0.2) is 51.4 Å². The SMILES string of the molecule is CNC(=O)COc1ccc(COC(=O)[C@@H](NC(=O)OCC2c3ccccc3-c3ccccc32)C(C)C)c(OC)c1. The average molecular weight is 547 g/mol. The van der Waals surface area contributed by atoms with E-state index in [0.717, 1.165) is 22.3 Å². The number of carbonyl (C=O) groups is 3. The van der Waals surface area contributed by atoms with Crippen molar-refractivity contribution in [3.8, 4) is 22.6 Å². The number of methoxy groups -OCH3 is 1. The quantitative estimate of drug-likeness (QED) is 0.342. The summed E-state index contributed by atoms with van der Waals surface area (Å²) in [7, 11) is 3.01. The van der Waals surface area contributed by atoms with Gasteiger partial charge in [-0.1, -0.05) is 62.4 Å². The van der Waals surface area contributed by atoms with Gasteiger partial charge in [0, 0.05) is 24.6 Å². The van der Waals surface area contributed by atoms with E-state index in [9.17, 15) is 14.4 Å². The van der Waals surface area contributed by atoms with Gasteiger partial charge in [-0.05, 0) is 40.3 Å². The number of hydrogen-bond acceptors (Lipinski definition) is 7. The molecular formula is C31H34N2O7. The molecule has 0 spiro atoms. The molecule has 3 aromatic carbocycles. The van der Waals surface area contributed by atoms with Gasteiger partial charge in [0.15, 0.2) is 6.61 Å². The van der Waals surface area contributed by atoms with Crippen molar-refractivity contribution < 1.29 is 33.3 Å². The van der Waals surface area contributed by atoms with E-state index in [-0.39, 0.29) is 37.6 Å². The summed E-state index contributed by atoms with van der Waals surface area (Å²) >= 11 is 0. The fourth-order valence-electron chi connectivity index (χ4n) is 4.66. The first-order chi connectivity index (χ1) is 19.3. The van der Waals surface area contributed by atoms with Crippen molar-refractivity contribution in [2.75, 3.05) is 27.4 Å². The van der Waals surface area contributed by atoms with E-state index in [1.54, 1.807) is 18.2 Å². The van der Waals surface area contributed by atoms with Crippen LogP contribution >= 0.6 is 0 Å². The molecule has 9 heteroatoms. The minimum absolute atomic E-state index is 0.0761. The second kappa shape index (κ2) is 13.0. The molecule has 40 heavy (non-hydrogen) atoms. The van der Waals surface area contributed by atoms with Gasteiger partial charge in [0.25, 0.3) is 5.91 Å². The van der Waals surface area contributed by atoms with Crippen LogP contribution in [-0.2, 0) is 25.7 Å². The molecule has 3 aromatic rings. The van der Waals surface area contributed by atoms with Gasteiger partial charge in [0.05, 0.1) is 7.11 Å². The van der Waals surface area contributed by atoms with Crippen LogP contribution in [0.4, 0.5) is 4.79 Å². The van der Waals surface area contributed by atoms with Gasteiger partial charge in [-0.3, -0.25) is 4.79 Å². The Morgan fingerprint density at radius 1 is 0.900 bits per heavy atom. The predicted octanol–water partition coefficient (Wildman–Crippen LogP) is 4.43. The highest BCUT2D eigenvalue weighted by Gasteiger charge is 2.31. The summed E-state index contributed by atoms with van der Waals surface area (Å²) in [6, 6.07) is 20.2. The third-order valence-electron chi connectivity index (χ3n) is 6.81. The lowest BCUT2D eigenvalue weighted by atomic mass is 9.98. The van der Waals surface area contributed by atoms with E-state index in [4.69, 9.17) is 18.9 Å². The Hall–Kier alpha value is -4.53. The number of amides is 2. The molecule has 1 aliphatic carbocycles. The molecule has 210 valence electrons. The van der Waals surface area contributed by atoms with Crippen LogP contribution in [0, 0.1) is 5.92 Å². The normalized spacial score (nSPS) is 12.6. The second-order valence-electron chi connectivity index (χ2n) is 9.73. The standard InChI is InChI=1S/C31H34N2O7/c1-19(2)29(30(35)39-16-20-13-14-21(15-27(20)37-4)38-18-28(34)32-3)33-31(36)40-17-26-24-11-7-5-9-22(24)23-10-6-8-12-25(23)26/h5-15,19,26,29H,16-18H2,1-4H3,(H,32,34)(H,33,36)/t29-/m0/s1. The maximum absolute atomic E-state index is 13.0. The van der Waals surface area contributed by atoms with E-state index in [1.807, 2.05) is 50.2 Å². The number of hydrogen-bond donors (Lipinski definition) is 2. The number of esters is 1. The highest BCUT2D eigenvalue weighted by Crippen LogP contribution is 2.44. The molecule has 2 N–H and O–H groups in total. The lowest BCUT2D eigenvalue weighted by molar-refractivity contribution is -0.148. The van der Waals surface area contributed by atoms with Crippen LogP contribution < -0.4 is 20.1 Å². The van der Waals surface area contributed by atoms with E-state index >= 15 is 0 Å². The van der Waals surface area contributed by atoms with Gasteiger partial charge in [0.2, 0.25) is 0 Å². The van der Waals surface area contributed by atoms with Gasteiger partial charge >= 0.3 is 12.1 Å². The molecule has 0 heterocycles. The molecular weight excluding hydrogens is 512 g/mol. The molecule has 0 aliphatic heterocycles. The molecule has 1 aliphatic rings. The first-order valence-electron chi connectivity index (χ1n) is 13.1. The molecule has 0 saturated heterocycles. The van der Waals surface area contributed by atoms with Crippen molar-refractivity contribution in [1.82, 2.24) is 10.6 Å². The van der Waals surface area contributed by atoms with Crippen LogP contribution in [0.15, 0.2) is 66.7 Å². The van der Waals surface area contributed by atoms with E-state index in [1.165, 1.54) is 14.2 Å². The highest BCUT2D eigenvalue weighted by atomic mass is 16.6. The Bertz CT molecular complexity index is 1330. The number of carbonyl (C=O) groups excluding carboxylic acids is 3. The van der Waals surface area contributed by atoms with Crippen molar-refractivity contribution in [3.63, 3.8) is 0 Å². The van der Waals surface area contributed by atoms with Crippen LogP contribution in [0.5, 0.6) is 11.5 Å². The molecule has 0 saturated carbocycles. The number of likely N-dealkylation sites (N-methyl/N-ethyl adjacent to an activating group) is 1. The van der Waals surface area contributed by atoms with E-state index < -0.39 is 18.1 Å². The molecule has 2 amide bonds. The van der Waals surface area contributed by atoms with Gasteiger partial charge in [-0.2, -0.15) is 0 Å². The van der Waals surface area contributed by atoms with Crippen LogP contribution in [0.25, 0.3) is 11.1 Å². The van der Waals surface area contributed by atoms with Crippen molar-refractivity contribution in [2.24, 2.45) is 5.92 Å². The minimum atomic E-state index is -0.906. The number of nitrogens with one attached hydrogen (secondary N) is 2. The van der Waals surface area contributed by atoms with Crippen LogP contribution in [0.1, 0.15) is 36.5 Å². The Labute approximate surface area is 233 Å². The first kappa shape index (κ1) is 28.5. The number of alkyl carbamates (subject to hydrolysis) is 1. The lowest BCUT2D eigenvalue weighted by Crippen LogP contribution is -2.45. The van der Waals surface area contributed by atoms with Crippen LogP contribution in [0.3, 0.4) is 0 Å². The lowest BCUT2D eigenvalue weighted by Gasteiger charge is -2.22. The highest BCUT2D eigenvalue weighted by molar-refractivity contribution is 5.82. The topological polar surface area (TPSA) is 112 Å². The Kier molecular flexibility index (Phi) is 9.27. The summed E-state index contributed by atoms with van der Waals surface area (Å²) in [4.78, 5) is 37.2. The van der Waals surface area contributed by atoms with Crippen molar-refractivity contribution in [1.29, 1.82) is 0 Å². The summed E-state index contributed by atoms with van der Waals surface area (Å²) < 4.78 is 22.0. The summed E-state index contributed by atoms with van der Waals surface area (Å²) in [6.07, 6.45) is -0.687. The summed E-state index contributed by atoms with van der Waals surface area (Å²) in [5.74, 6) is -0.305. The average Bonchev–Trinajstić information content (AvgIpc) is 3.29. The minimum Gasteiger partial charge on any atom is -0.496 e. The molecule has 1 atom stereocenters. The largest absolute Gasteiger partial charge is 0.496 e. The molecule has 0 unspecified atom stereocenters. The van der Waals surface area contributed by atoms with Gasteiger partial charge in [0.1, 0.15) is 30.8 Å². The second-order valence-corrected chi connectivity index (χ2v) is 9.73. The molecule has 0 radical (unpaired) electrons. The van der Waals surface area contributed by atoms with E-state index in [2.05, 4.69) is 22.8 Å². The predicted molar refractivity (Wildman–Crippen MR) is 149 cm³/mol. The van der Waals surface area contributed by atoms with Crippen molar-refractivity contribution in [3.05, 3.63) is 83.4 Å². The summed E-state index contributed by atoms with van der Waals surface area (Å²) in [5, 5.41) is 5.15. The number of ether oxygens (including phenoxy) is 4. The molecule has 0 aromatic heterocycles. The van der Waals surface area contributed by atoms with E-state index in [0.29, 0.717) is 17.1 Å². The zero-order valence-corrected chi connectivity index (χ0v) is 23.1. The fraction of sp³-hybridized carbons (Fsp3) is 0.323. The van der Waals surface area contributed by atoms with Gasteiger partial charge in [-0.15, -0.1) is 0 Å². The Morgan fingerprint density at radius 3 is 2.15 bits per heavy atom. The zero-order valence-electron chi connectivity index (χ0n) is 23.1. The van der Waals surface area contributed by atoms with Crippen molar-refractivity contribution in [2.45, 2.75) is 32.4 Å². The maximum atomic E-state index is 13.0. The molecule has 0 bridgehead atoms. The molecule has 4 rings (SSSR count). The zero-order chi connectivity index (χ0) is 28.6. The Morgan fingerprint density at radius 2 is 1.55 bits per heavy atom. The third-order valence-corrected chi connectivity index (χ3v) is 6.81. The number of rotatable bonds is 11. The third kappa shape index (κ3) is 6.54. The monoisotopic (exact) mass is 546 g/mol. The van der Waals surface area contributed by atoms with Crippen LogP contribution in [0.2, 0.25) is 0 Å². The number of fused-ring (bicyclic) bond motifs is 3. The summed E-state index contributed by atoms with van der Waals surface area (Å²) in [5.41, 5.74) is 5.09.